The largest absolute Gasteiger partial charge is 1.00 e. The van der Waals surface area contributed by atoms with E-state index in [0.29, 0.717) is 0 Å². The Morgan fingerprint density at radius 2 is 1.44 bits per heavy atom. The van der Waals surface area contributed by atoms with Crippen molar-refractivity contribution >= 4 is 0 Å². The minimum atomic E-state index is 0. The van der Waals surface area contributed by atoms with Gasteiger partial charge in [-0.25, -0.2) is 0 Å². The third-order valence-electron chi connectivity index (χ3n) is 0.604. The molecule has 9 heavy (non-hydrogen) atoms. The van der Waals surface area contributed by atoms with Crippen LogP contribution in [0, 0.1) is 6.92 Å². The van der Waals surface area contributed by atoms with Crippen molar-refractivity contribution in [2.45, 2.75) is 26.2 Å². The summed E-state index contributed by atoms with van der Waals surface area (Å²) in [5.74, 6) is 0. The Balaban J connectivity index is -0.0000000133. The molecule has 0 bridgehead atoms. The fraction of sp³-hybridized carbons (Fsp3) is 0.800. The number of hydrogen-bond acceptors (Lipinski definition) is 0. The molecule has 0 spiro atoms. The molecule has 0 aromatic heterocycles. The summed E-state index contributed by atoms with van der Waals surface area (Å²) in [6.45, 7) is 5.85. The Morgan fingerprint density at radius 1 is 1.11 bits per heavy atom. The second kappa shape index (κ2) is 34.2. The molecule has 0 nitrogen and oxygen atoms in total. The number of unbranched alkanes of at least 4 members (excludes halogenated alkanes) is 2. The van der Waals surface area contributed by atoms with Crippen molar-refractivity contribution in [3.05, 3.63) is 6.92 Å². The van der Waals surface area contributed by atoms with Gasteiger partial charge in [-0.3, -0.25) is 14.1 Å². The second-order valence-electron chi connectivity index (χ2n) is 1.21. The number of rotatable bonds is 2. The maximum absolute atomic E-state index is 3.68. The third-order valence-corrected chi connectivity index (χ3v) is 0.604. The van der Waals surface area contributed by atoms with Crippen LogP contribution in [-0.2, 0) is 0 Å². The Bertz CT molecular complexity index is 19.7. The molecular weight excluding hydrogens is 156 g/mol. The van der Waals surface area contributed by atoms with E-state index in [0.717, 1.165) is 6.42 Å². The standard InChI is InChI=1S/C5H11.3FH.K/c1-3-5-4-2;;;;/h1,3-5H2,2H3;3*1H;/q-1;;;;+1. The van der Waals surface area contributed by atoms with Crippen LogP contribution in [0.5, 0.6) is 0 Å². The first kappa shape index (κ1) is 31.5. The monoisotopic (exact) mass is 170 g/mol. The first-order valence-electron chi connectivity index (χ1n) is 2.21. The van der Waals surface area contributed by atoms with E-state index in [1.807, 2.05) is 0 Å². The zero-order valence-electron chi connectivity index (χ0n) is 6.05. The summed E-state index contributed by atoms with van der Waals surface area (Å²) < 4.78 is 0. The van der Waals surface area contributed by atoms with Gasteiger partial charge in [0.05, 0.1) is 0 Å². The van der Waals surface area contributed by atoms with Crippen LogP contribution in [0.1, 0.15) is 26.2 Å². The molecule has 0 atom stereocenters. The molecule has 0 heterocycles. The van der Waals surface area contributed by atoms with Crippen LogP contribution in [-0.4, -0.2) is 0 Å². The van der Waals surface area contributed by atoms with Crippen LogP contribution in [0.3, 0.4) is 0 Å². The van der Waals surface area contributed by atoms with E-state index < -0.39 is 0 Å². The minimum Gasteiger partial charge on any atom is -0.343 e. The molecule has 0 amide bonds. The Labute approximate surface area is 97.3 Å². The normalized spacial score (nSPS) is 4.67. The van der Waals surface area contributed by atoms with Crippen LogP contribution >= 0.6 is 0 Å². The van der Waals surface area contributed by atoms with Gasteiger partial charge in [0.1, 0.15) is 0 Å². The fourth-order valence-electron chi connectivity index (χ4n) is 0.250. The first-order chi connectivity index (χ1) is 2.41. The summed E-state index contributed by atoms with van der Waals surface area (Å²) in [6.07, 6.45) is 3.65. The SMILES string of the molecule is F.F.F.[CH2-]CCCC.[K+]. The topological polar surface area (TPSA) is 0 Å². The molecule has 0 aliphatic rings. The van der Waals surface area contributed by atoms with Crippen molar-refractivity contribution in [2.75, 3.05) is 0 Å². The van der Waals surface area contributed by atoms with E-state index in [-0.39, 0.29) is 65.5 Å². The zero-order valence-corrected chi connectivity index (χ0v) is 9.18. The van der Waals surface area contributed by atoms with Crippen molar-refractivity contribution in [1.82, 2.24) is 0 Å². The number of halogens is 3. The van der Waals surface area contributed by atoms with Gasteiger partial charge in [0.25, 0.3) is 0 Å². The van der Waals surface area contributed by atoms with Crippen LogP contribution in [0.25, 0.3) is 0 Å². The van der Waals surface area contributed by atoms with Crippen LogP contribution in [0.15, 0.2) is 0 Å². The summed E-state index contributed by atoms with van der Waals surface area (Å²) in [6, 6.07) is 0. The molecule has 56 valence electrons. The molecule has 0 aliphatic heterocycles. The quantitative estimate of drug-likeness (QED) is 0.386. The summed E-state index contributed by atoms with van der Waals surface area (Å²) in [4.78, 5) is 0. The van der Waals surface area contributed by atoms with Gasteiger partial charge in [0.15, 0.2) is 0 Å². The zero-order chi connectivity index (χ0) is 4.12. The maximum atomic E-state index is 3.68. The average Bonchev–Trinajstić information content (AvgIpc) is 1.41. The molecule has 0 rings (SSSR count). The molecule has 0 saturated carbocycles. The van der Waals surface area contributed by atoms with E-state index >= 15 is 0 Å². The molecule has 0 aliphatic carbocycles. The molecule has 4 heteroatoms. The summed E-state index contributed by atoms with van der Waals surface area (Å²) >= 11 is 0. The summed E-state index contributed by atoms with van der Waals surface area (Å²) in [7, 11) is 0. The van der Waals surface area contributed by atoms with Gasteiger partial charge in [0.2, 0.25) is 0 Å². The molecule has 0 saturated heterocycles. The first-order valence-corrected chi connectivity index (χ1v) is 2.21. The van der Waals surface area contributed by atoms with Gasteiger partial charge in [-0.1, -0.05) is 19.8 Å². The van der Waals surface area contributed by atoms with Crippen LogP contribution in [0.4, 0.5) is 14.1 Å². The maximum Gasteiger partial charge on any atom is 1.00 e. The molecule has 0 N–H and O–H groups in total. The molecule has 0 aromatic rings. The van der Waals surface area contributed by atoms with Crippen molar-refractivity contribution in [1.29, 1.82) is 0 Å². The van der Waals surface area contributed by atoms with Gasteiger partial charge < -0.3 is 6.92 Å². The summed E-state index contributed by atoms with van der Waals surface area (Å²) in [5, 5.41) is 0. The van der Waals surface area contributed by atoms with Gasteiger partial charge in [-0.05, 0) is 0 Å². The van der Waals surface area contributed by atoms with Gasteiger partial charge in [-0.15, -0.1) is 0 Å². The smallest absolute Gasteiger partial charge is 0.343 e. The van der Waals surface area contributed by atoms with E-state index in [1.165, 1.54) is 12.8 Å². The van der Waals surface area contributed by atoms with Gasteiger partial charge >= 0.3 is 51.4 Å². The van der Waals surface area contributed by atoms with Crippen LogP contribution in [0.2, 0.25) is 0 Å². The van der Waals surface area contributed by atoms with Crippen molar-refractivity contribution in [2.24, 2.45) is 0 Å². The van der Waals surface area contributed by atoms with Crippen LogP contribution < -0.4 is 51.4 Å². The van der Waals surface area contributed by atoms with E-state index in [4.69, 9.17) is 0 Å². The second-order valence-corrected chi connectivity index (χ2v) is 1.21. The Kier molecular flexibility index (Phi) is 119. The van der Waals surface area contributed by atoms with Crippen molar-refractivity contribution in [3.63, 3.8) is 0 Å². The van der Waals surface area contributed by atoms with Crippen molar-refractivity contribution in [3.8, 4) is 0 Å². The molecule has 0 aromatic carbocycles. The number of hydrogen-bond donors (Lipinski definition) is 0. The van der Waals surface area contributed by atoms with E-state index in [2.05, 4.69) is 13.8 Å². The van der Waals surface area contributed by atoms with E-state index in [9.17, 15) is 0 Å². The average molecular weight is 170 g/mol. The Hall–Kier alpha value is 1.43. The van der Waals surface area contributed by atoms with Gasteiger partial charge in [0, 0.05) is 0 Å². The fourth-order valence-corrected chi connectivity index (χ4v) is 0.250. The molecule has 0 unspecified atom stereocenters. The molecular formula is C5H14F3K. The van der Waals surface area contributed by atoms with Crippen molar-refractivity contribution < 1.29 is 65.5 Å². The minimum absolute atomic E-state index is 0. The predicted octanol–water partition coefficient (Wildman–Crippen LogP) is -0.528. The Morgan fingerprint density at radius 3 is 1.44 bits per heavy atom. The molecule has 0 fully saturated rings. The van der Waals surface area contributed by atoms with E-state index in [1.54, 1.807) is 0 Å². The molecule has 0 radical (unpaired) electrons. The third kappa shape index (κ3) is 44.3. The predicted molar refractivity (Wildman–Crippen MR) is 32.4 cm³/mol. The van der Waals surface area contributed by atoms with Gasteiger partial charge in [-0.2, -0.15) is 6.42 Å². The summed E-state index contributed by atoms with van der Waals surface area (Å²) in [5.41, 5.74) is 0.